The van der Waals surface area contributed by atoms with Gasteiger partial charge in [0.05, 0.1) is 0 Å². The molecule has 0 bridgehead atoms. The molecule has 1 unspecified atom stereocenters. The first-order valence-electron chi connectivity index (χ1n) is 7.91. The fourth-order valence-electron chi connectivity index (χ4n) is 2.58. The quantitative estimate of drug-likeness (QED) is 0.721. The number of hydrogen-bond donors (Lipinski definition) is 3. The van der Waals surface area contributed by atoms with Crippen molar-refractivity contribution in [2.75, 3.05) is 25.0 Å². The maximum atomic E-state index is 11.9. The molecule has 1 heterocycles. The third kappa shape index (κ3) is 4.46. The van der Waals surface area contributed by atoms with Gasteiger partial charge in [-0.2, -0.15) is 0 Å². The standard InChI is InChI=1S/C17H27N3O/c1-12(2)9-20-17(21)13(3)10-18-11-14-5-4-6-16-15(14)7-8-19-16/h4-6,12-13,18-19H,7-11H2,1-3H3,(H,20,21). The third-order valence-electron chi connectivity index (χ3n) is 3.86. The Bertz CT molecular complexity index is 485. The van der Waals surface area contributed by atoms with Crippen molar-refractivity contribution < 1.29 is 4.79 Å². The van der Waals surface area contributed by atoms with Crippen molar-refractivity contribution in [2.45, 2.75) is 33.7 Å². The average molecular weight is 289 g/mol. The summed E-state index contributed by atoms with van der Waals surface area (Å²) in [6.45, 7) is 9.50. The highest BCUT2D eigenvalue weighted by molar-refractivity contribution is 5.78. The lowest BCUT2D eigenvalue weighted by Gasteiger charge is -2.15. The van der Waals surface area contributed by atoms with E-state index < -0.39 is 0 Å². The minimum Gasteiger partial charge on any atom is -0.384 e. The summed E-state index contributed by atoms with van der Waals surface area (Å²) in [4.78, 5) is 11.9. The van der Waals surface area contributed by atoms with Gasteiger partial charge in [0.1, 0.15) is 0 Å². The van der Waals surface area contributed by atoms with E-state index in [2.05, 4.69) is 48.0 Å². The fraction of sp³-hybridized carbons (Fsp3) is 0.588. The van der Waals surface area contributed by atoms with E-state index in [9.17, 15) is 4.79 Å². The van der Waals surface area contributed by atoms with Crippen LogP contribution in [0, 0.1) is 11.8 Å². The average Bonchev–Trinajstić information content (AvgIpc) is 2.93. The highest BCUT2D eigenvalue weighted by Gasteiger charge is 2.15. The lowest BCUT2D eigenvalue weighted by atomic mass is 10.0. The molecule has 1 atom stereocenters. The van der Waals surface area contributed by atoms with Crippen LogP contribution >= 0.6 is 0 Å². The molecule has 2 rings (SSSR count). The van der Waals surface area contributed by atoms with E-state index in [1.165, 1.54) is 16.8 Å². The molecule has 0 saturated carbocycles. The summed E-state index contributed by atoms with van der Waals surface area (Å²) in [6.07, 6.45) is 1.09. The first-order chi connectivity index (χ1) is 10.1. The van der Waals surface area contributed by atoms with Crippen molar-refractivity contribution >= 4 is 11.6 Å². The van der Waals surface area contributed by atoms with Crippen LogP contribution in [0.25, 0.3) is 0 Å². The largest absolute Gasteiger partial charge is 0.384 e. The summed E-state index contributed by atoms with van der Waals surface area (Å²) in [6, 6.07) is 6.39. The summed E-state index contributed by atoms with van der Waals surface area (Å²) < 4.78 is 0. The Morgan fingerprint density at radius 3 is 2.86 bits per heavy atom. The van der Waals surface area contributed by atoms with Gasteiger partial charge in [0.15, 0.2) is 0 Å². The Hall–Kier alpha value is -1.55. The summed E-state index contributed by atoms with van der Waals surface area (Å²) in [5.41, 5.74) is 4.02. The van der Waals surface area contributed by atoms with Gasteiger partial charge < -0.3 is 16.0 Å². The van der Waals surface area contributed by atoms with E-state index in [1.807, 2.05) is 6.92 Å². The number of carbonyl (C=O) groups is 1. The fourth-order valence-corrected chi connectivity index (χ4v) is 2.58. The predicted molar refractivity (Wildman–Crippen MR) is 87.4 cm³/mol. The second-order valence-electron chi connectivity index (χ2n) is 6.29. The molecule has 0 aromatic heterocycles. The van der Waals surface area contributed by atoms with E-state index in [-0.39, 0.29) is 11.8 Å². The topological polar surface area (TPSA) is 53.2 Å². The maximum absolute atomic E-state index is 11.9. The Balaban J connectivity index is 1.77. The number of carbonyl (C=O) groups excluding carboxylic acids is 1. The van der Waals surface area contributed by atoms with E-state index in [1.54, 1.807) is 0 Å². The number of benzene rings is 1. The summed E-state index contributed by atoms with van der Waals surface area (Å²) >= 11 is 0. The van der Waals surface area contributed by atoms with Crippen LogP contribution in [-0.4, -0.2) is 25.5 Å². The number of rotatable bonds is 7. The molecule has 1 amide bonds. The molecule has 116 valence electrons. The van der Waals surface area contributed by atoms with Gasteiger partial charge in [-0.1, -0.05) is 32.9 Å². The highest BCUT2D eigenvalue weighted by Crippen LogP contribution is 2.25. The highest BCUT2D eigenvalue weighted by atomic mass is 16.1. The van der Waals surface area contributed by atoms with Crippen LogP contribution in [0.15, 0.2) is 18.2 Å². The number of nitrogens with one attached hydrogen (secondary N) is 3. The Morgan fingerprint density at radius 1 is 1.29 bits per heavy atom. The van der Waals surface area contributed by atoms with Crippen LogP contribution in [0.5, 0.6) is 0 Å². The summed E-state index contributed by atoms with van der Waals surface area (Å²) in [7, 11) is 0. The van der Waals surface area contributed by atoms with E-state index >= 15 is 0 Å². The SMILES string of the molecule is CC(C)CNC(=O)C(C)CNCc1cccc2c1CCN2. The van der Waals surface area contributed by atoms with Crippen LogP contribution in [0.1, 0.15) is 31.9 Å². The molecular formula is C17H27N3O. The van der Waals surface area contributed by atoms with Gasteiger partial charge in [-0.3, -0.25) is 4.79 Å². The van der Waals surface area contributed by atoms with Crippen LogP contribution < -0.4 is 16.0 Å². The van der Waals surface area contributed by atoms with Crippen LogP contribution in [0.3, 0.4) is 0 Å². The van der Waals surface area contributed by atoms with Crippen molar-refractivity contribution in [1.29, 1.82) is 0 Å². The van der Waals surface area contributed by atoms with Gasteiger partial charge in [0.25, 0.3) is 0 Å². The predicted octanol–water partition coefficient (Wildman–Crippen LogP) is 2.15. The molecule has 0 fully saturated rings. The zero-order chi connectivity index (χ0) is 15.2. The Kier molecular flexibility index (Phi) is 5.62. The van der Waals surface area contributed by atoms with Crippen LogP contribution in [-0.2, 0) is 17.8 Å². The summed E-state index contributed by atoms with van der Waals surface area (Å²) in [5.74, 6) is 0.628. The van der Waals surface area contributed by atoms with Crippen molar-refractivity contribution in [2.24, 2.45) is 11.8 Å². The van der Waals surface area contributed by atoms with Gasteiger partial charge in [-0.25, -0.2) is 0 Å². The van der Waals surface area contributed by atoms with Crippen molar-refractivity contribution in [1.82, 2.24) is 10.6 Å². The minimum atomic E-state index is -0.00126. The molecule has 0 aliphatic carbocycles. The van der Waals surface area contributed by atoms with Gasteiger partial charge in [-0.15, -0.1) is 0 Å². The van der Waals surface area contributed by atoms with Gasteiger partial charge >= 0.3 is 0 Å². The molecule has 21 heavy (non-hydrogen) atoms. The van der Waals surface area contributed by atoms with Gasteiger partial charge in [-0.05, 0) is 29.5 Å². The first-order valence-corrected chi connectivity index (χ1v) is 7.91. The maximum Gasteiger partial charge on any atom is 0.224 e. The molecule has 0 spiro atoms. The minimum absolute atomic E-state index is 0.00126. The number of fused-ring (bicyclic) bond motifs is 1. The Labute approximate surface area is 127 Å². The normalized spacial score (nSPS) is 14.7. The molecule has 0 saturated heterocycles. The van der Waals surface area contributed by atoms with Crippen LogP contribution in [0.2, 0.25) is 0 Å². The first kappa shape index (κ1) is 15.8. The van der Waals surface area contributed by atoms with Crippen molar-refractivity contribution in [3.8, 4) is 0 Å². The second kappa shape index (κ2) is 7.46. The molecule has 1 aliphatic heterocycles. The van der Waals surface area contributed by atoms with E-state index in [0.29, 0.717) is 12.5 Å². The Morgan fingerprint density at radius 2 is 2.10 bits per heavy atom. The molecule has 4 heteroatoms. The molecule has 1 aromatic carbocycles. The number of hydrogen-bond acceptors (Lipinski definition) is 3. The van der Waals surface area contributed by atoms with Crippen molar-refractivity contribution in [3.05, 3.63) is 29.3 Å². The second-order valence-corrected chi connectivity index (χ2v) is 6.29. The monoisotopic (exact) mass is 289 g/mol. The zero-order valence-corrected chi connectivity index (χ0v) is 13.3. The molecule has 4 nitrogen and oxygen atoms in total. The molecule has 0 radical (unpaired) electrons. The smallest absolute Gasteiger partial charge is 0.224 e. The van der Waals surface area contributed by atoms with E-state index in [0.717, 1.165) is 26.1 Å². The molecule has 1 aromatic rings. The molecular weight excluding hydrogens is 262 g/mol. The lowest BCUT2D eigenvalue weighted by molar-refractivity contribution is -0.124. The van der Waals surface area contributed by atoms with E-state index in [4.69, 9.17) is 0 Å². The lowest BCUT2D eigenvalue weighted by Crippen LogP contribution is -2.36. The van der Waals surface area contributed by atoms with Crippen LogP contribution in [0.4, 0.5) is 5.69 Å². The molecule has 3 N–H and O–H groups in total. The van der Waals surface area contributed by atoms with Crippen molar-refractivity contribution in [3.63, 3.8) is 0 Å². The number of amides is 1. The van der Waals surface area contributed by atoms with Gasteiger partial charge in [0, 0.05) is 37.8 Å². The number of anilines is 1. The summed E-state index contributed by atoms with van der Waals surface area (Å²) in [5, 5.41) is 9.79. The third-order valence-corrected chi connectivity index (χ3v) is 3.86. The zero-order valence-electron chi connectivity index (χ0n) is 13.3. The molecule has 1 aliphatic rings. The van der Waals surface area contributed by atoms with Gasteiger partial charge in [0.2, 0.25) is 5.91 Å².